The molecule has 0 saturated carbocycles. The van der Waals surface area contributed by atoms with Gasteiger partial charge < -0.3 is 14.8 Å². The van der Waals surface area contributed by atoms with Gasteiger partial charge in [0.05, 0.1) is 0 Å². The Balaban J connectivity index is 0.00000240. The van der Waals surface area contributed by atoms with Crippen LogP contribution in [0.4, 0.5) is 0 Å². The minimum Gasteiger partial charge on any atom is -0.336 e. The maximum atomic E-state index is 13.4. The van der Waals surface area contributed by atoms with Crippen LogP contribution in [0, 0.1) is 0 Å². The summed E-state index contributed by atoms with van der Waals surface area (Å²) in [5.74, 6) is 1.15. The van der Waals surface area contributed by atoms with Crippen molar-refractivity contribution in [1.82, 2.24) is 19.8 Å². The van der Waals surface area contributed by atoms with Crippen molar-refractivity contribution in [2.45, 2.75) is 18.4 Å². The van der Waals surface area contributed by atoms with Gasteiger partial charge in [-0.25, -0.2) is 4.98 Å². The van der Waals surface area contributed by atoms with E-state index in [9.17, 15) is 4.79 Å². The number of imidazole rings is 1. The van der Waals surface area contributed by atoms with Crippen LogP contribution < -0.4 is 5.32 Å². The van der Waals surface area contributed by atoms with Gasteiger partial charge in [0.15, 0.2) is 0 Å². The number of aromatic nitrogens is 2. The van der Waals surface area contributed by atoms with E-state index in [0.29, 0.717) is 13.0 Å². The van der Waals surface area contributed by atoms with Crippen molar-refractivity contribution in [3.8, 4) is 0 Å². The Morgan fingerprint density at radius 3 is 2.28 bits per heavy atom. The fraction of sp³-hybridized carbons (Fsp3) is 0.304. The highest BCUT2D eigenvalue weighted by molar-refractivity contribution is 5.85. The molecule has 1 aliphatic heterocycles. The third kappa shape index (κ3) is 4.69. The normalized spacial score (nSPS) is 16.5. The Kier molecular flexibility index (Phi) is 7.07. The molecule has 5 nitrogen and oxygen atoms in total. The molecule has 6 heteroatoms. The maximum Gasteiger partial charge on any atom is 0.224 e. The molecule has 1 unspecified atom stereocenters. The lowest BCUT2D eigenvalue weighted by molar-refractivity contribution is -0.135. The predicted octanol–water partition coefficient (Wildman–Crippen LogP) is 3.54. The Labute approximate surface area is 178 Å². The molecule has 0 radical (unpaired) electrons. The van der Waals surface area contributed by atoms with E-state index in [-0.39, 0.29) is 30.3 Å². The van der Waals surface area contributed by atoms with Gasteiger partial charge in [-0.15, -0.1) is 12.4 Å². The summed E-state index contributed by atoms with van der Waals surface area (Å²) in [5, 5.41) is 3.40. The van der Waals surface area contributed by atoms with E-state index in [1.165, 1.54) is 11.1 Å². The molecule has 2 heterocycles. The molecule has 3 aromatic rings. The van der Waals surface area contributed by atoms with Crippen molar-refractivity contribution in [3.63, 3.8) is 0 Å². The summed E-state index contributed by atoms with van der Waals surface area (Å²) in [6.45, 7) is 2.25. The second-order valence-corrected chi connectivity index (χ2v) is 7.28. The number of halogens is 1. The number of amides is 1. The Morgan fingerprint density at radius 1 is 1.10 bits per heavy atom. The standard InChI is InChI=1S/C23H26N4O.ClH/c1-26-14-13-25-23(26)21-17-24-12-15-27(21)22(28)16-20(18-8-4-2-5-9-18)19-10-6-3-7-11-19;/h2-11,13-14,20-21,24H,12,15-17H2,1H3;1H. The zero-order valence-corrected chi connectivity index (χ0v) is 17.4. The van der Waals surface area contributed by atoms with Gasteiger partial charge in [0.1, 0.15) is 11.9 Å². The van der Waals surface area contributed by atoms with E-state index in [4.69, 9.17) is 0 Å². The van der Waals surface area contributed by atoms with Crippen molar-refractivity contribution < 1.29 is 4.79 Å². The average molecular weight is 411 g/mol. The molecular weight excluding hydrogens is 384 g/mol. The lowest BCUT2D eigenvalue weighted by Crippen LogP contribution is -2.49. The van der Waals surface area contributed by atoms with Gasteiger partial charge in [-0.2, -0.15) is 0 Å². The molecule has 1 N–H and O–H groups in total. The topological polar surface area (TPSA) is 50.2 Å². The molecule has 1 amide bonds. The summed E-state index contributed by atoms with van der Waals surface area (Å²) in [4.78, 5) is 19.9. The van der Waals surface area contributed by atoms with Crippen LogP contribution in [0.15, 0.2) is 73.1 Å². The van der Waals surface area contributed by atoms with Crippen LogP contribution in [0.1, 0.15) is 35.3 Å². The smallest absolute Gasteiger partial charge is 0.224 e. The molecule has 1 aliphatic rings. The van der Waals surface area contributed by atoms with Gasteiger partial charge >= 0.3 is 0 Å². The van der Waals surface area contributed by atoms with Crippen molar-refractivity contribution in [2.75, 3.05) is 19.6 Å². The quantitative estimate of drug-likeness (QED) is 0.700. The van der Waals surface area contributed by atoms with Gasteiger partial charge in [-0.1, -0.05) is 60.7 Å². The zero-order valence-electron chi connectivity index (χ0n) is 16.6. The number of hydrogen-bond acceptors (Lipinski definition) is 3. The van der Waals surface area contributed by atoms with E-state index >= 15 is 0 Å². The summed E-state index contributed by atoms with van der Waals surface area (Å²) in [6.07, 6.45) is 4.18. The summed E-state index contributed by atoms with van der Waals surface area (Å²) in [7, 11) is 1.98. The molecule has 0 aliphatic carbocycles. The second-order valence-electron chi connectivity index (χ2n) is 7.28. The van der Waals surface area contributed by atoms with Gasteiger partial charge in [0.2, 0.25) is 5.91 Å². The highest BCUT2D eigenvalue weighted by Crippen LogP contribution is 2.30. The first-order valence-electron chi connectivity index (χ1n) is 9.81. The summed E-state index contributed by atoms with van der Waals surface area (Å²) in [5.41, 5.74) is 2.34. The number of carbonyl (C=O) groups is 1. The lowest BCUT2D eigenvalue weighted by Gasteiger charge is -2.36. The van der Waals surface area contributed by atoms with Crippen molar-refractivity contribution in [1.29, 1.82) is 0 Å². The first kappa shape index (κ1) is 21.1. The average Bonchev–Trinajstić information content (AvgIpc) is 3.19. The highest BCUT2D eigenvalue weighted by Gasteiger charge is 2.32. The van der Waals surface area contributed by atoms with Gasteiger partial charge in [0.25, 0.3) is 0 Å². The monoisotopic (exact) mass is 410 g/mol. The molecule has 2 aromatic carbocycles. The lowest BCUT2D eigenvalue weighted by atomic mass is 9.88. The number of nitrogens with zero attached hydrogens (tertiary/aromatic N) is 3. The van der Waals surface area contributed by atoms with Crippen LogP contribution in [0.25, 0.3) is 0 Å². The zero-order chi connectivity index (χ0) is 19.3. The number of piperazine rings is 1. The third-order valence-corrected chi connectivity index (χ3v) is 5.50. The molecule has 1 saturated heterocycles. The van der Waals surface area contributed by atoms with Gasteiger partial charge in [-0.3, -0.25) is 4.79 Å². The van der Waals surface area contributed by atoms with E-state index in [1.807, 2.05) is 59.1 Å². The summed E-state index contributed by atoms with van der Waals surface area (Å²) >= 11 is 0. The molecule has 1 atom stereocenters. The second kappa shape index (κ2) is 9.72. The molecule has 0 spiro atoms. The molecule has 4 rings (SSSR count). The number of rotatable bonds is 5. The maximum absolute atomic E-state index is 13.4. The minimum atomic E-state index is -0.0338. The van der Waals surface area contributed by atoms with Crippen LogP contribution in [0.5, 0.6) is 0 Å². The molecular formula is C23H27ClN4O. The number of carbonyl (C=O) groups excluding carboxylic acids is 1. The van der Waals surface area contributed by atoms with Gasteiger partial charge in [0, 0.05) is 51.4 Å². The molecule has 152 valence electrons. The van der Waals surface area contributed by atoms with Crippen molar-refractivity contribution in [2.24, 2.45) is 7.05 Å². The number of aryl methyl sites for hydroxylation is 1. The first-order valence-corrected chi connectivity index (χ1v) is 9.81. The number of nitrogens with one attached hydrogen (secondary N) is 1. The first-order chi connectivity index (χ1) is 13.7. The third-order valence-electron chi connectivity index (χ3n) is 5.50. The number of benzene rings is 2. The fourth-order valence-electron chi connectivity index (χ4n) is 4.02. The SMILES string of the molecule is Cl.Cn1ccnc1C1CNCCN1C(=O)CC(c1ccccc1)c1ccccc1. The Bertz CT molecular complexity index is 873. The van der Waals surface area contributed by atoms with E-state index in [2.05, 4.69) is 34.6 Å². The summed E-state index contributed by atoms with van der Waals surface area (Å²) < 4.78 is 2.00. The van der Waals surface area contributed by atoms with Crippen LogP contribution in [-0.2, 0) is 11.8 Å². The summed E-state index contributed by atoms with van der Waals surface area (Å²) in [6, 6.07) is 20.6. The molecule has 29 heavy (non-hydrogen) atoms. The minimum absolute atomic E-state index is 0. The van der Waals surface area contributed by atoms with Crippen molar-refractivity contribution >= 4 is 18.3 Å². The van der Waals surface area contributed by atoms with E-state index in [1.54, 1.807) is 6.20 Å². The van der Waals surface area contributed by atoms with Crippen LogP contribution in [0.2, 0.25) is 0 Å². The van der Waals surface area contributed by atoms with Gasteiger partial charge in [-0.05, 0) is 11.1 Å². The predicted molar refractivity (Wildman–Crippen MR) is 117 cm³/mol. The Hall–Kier alpha value is -2.63. The molecule has 1 fully saturated rings. The van der Waals surface area contributed by atoms with Crippen LogP contribution in [0.3, 0.4) is 0 Å². The van der Waals surface area contributed by atoms with E-state index < -0.39 is 0 Å². The van der Waals surface area contributed by atoms with E-state index in [0.717, 1.165) is 18.9 Å². The molecule has 1 aromatic heterocycles. The van der Waals surface area contributed by atoms with Crippen LogP contribution >= 0.6 is 12.4 Å². The number of hydrogen-bond donors (Lipinski definition) is 1. The Morgan fingerprint density at radius 2 is 1.72 bits per heavy atom. The van der Waals surface area contributed by atoms with Crippen molar-refractivity contribution in [3.05, 3.63) is 90.0 Å². The highest BCUT2D eigenvalue weighted by atomic mass is 35.5. The fourth-order valence-corrected chi connectivity index (χ4v) is 4.02. The van der Waals surface area contributed by atoms with Crippen LogP contribution in [-0.4, -0.2) is 40.0 Å². The molecule has 0 bridgehead atoms. The largest absolute Gasteiger partial charge is 0.336 e.